The Morgan fingerprint density at radius 1 is 1.21 bits per heavy atom. The fraction of sp³-hybridized carbons (Fsp3) is 0.190. The molecule has 0 aliphatic rings. The second-order valence-corrected chi connectivity index (χ2v) is 6.76. The zero-order valence-corrected chi connectivity index (χ0v) is 16.7. The van der Waals surface area contributed by atoms with E-state index in [9.17, 15) is 4.79 Å². The molecule has 2 aromatic carbocycles. The number of nitrogens with one attached hydrogen (secondary N) is 1. The quantitative estimate of drug-likeness (QED) is 0.506. The van der Waals surface area contributed by atoms with E-state index in [0.717, 1.165) is 28.2 Å². The molecule has 1 N–H and O–H groups in total. The Balaban J connectivity index is 1.61. The lowest BCUT2D eigenvalue weighted by atomic mass is 10.2. The maximum absolute atomic E-state index is 12.0. The van der Waals surface area contributed by atoms with Crippen LogP contribution in [0.3, 0.4) is 0 Å². The van der Waals surface area contributed by atoms with Crippen molar-refractivity contribution in [3.8, 4) is 11.4 Å². The molecule has 1 heterocycles. The number of hydrogen-bond acceptors (Lipinski definition) is 4. The Kier molecular flexibility index (Phi) is 6.11. The van der Waals surface area contributed by atoms with E-state index in [-0.39, 0.29) is 12.5 Å². The number of hydrazone groups is 1. The molecule has 0 saturated carbocycles. The number of para-hydroxylation sites is 1. The maximum atomic E-state index is 12.0. The smallest absolute Gasteiger partial charge is 0.277 e. The molecular weight excluding hydrogens is 376 g/mol. The molecular formula is C21H21ClN4O2. The van der Waals surface area contributed by atoms with Crippen LogP contribution in [0.4, 0.5) is 0 Å². The Morgan fingerprint density at radius 2 is 1.96 bits per heavy atom. The summed E-state index contributed by atoms with van der Waals surface area (Å²) in [5.74, 6) is 0.260. The van der Waals surface area contributed by atoms with Crippen molar-refractivity contribution in [1.82, 2.24) is 15.2 Å². The molecule has 6 nitrogen and oxygen atoms in total. The lowest BCUT2D eigenvalue weighted by Crippen LogP contribution is -2.24. The third kappa shape index (κ3) is 4.58. The van der Waals surface area contributed by atoms with Gasteiger partial charge in [0, 0.05) is 10.6 Å². The number of aryl methyl sites for hydroxylation is 2. The van der Waals surface area contributed by atoms with Crippen molar-refractivity contribution in [2.45, 2.75) is 20.8 Å². The van der Waals surface area contributed by atoms with Gasteiger partial charge >= 0.3 is 0 Å². The van der Waals surface area contributed by atoms with Crippen LogP contribution in [0.25, 0.3) is 5.69 Å². The first-order valence-corrected chi connectivity index (χ1v) is 9.16. The number of halogens is 1. The van der Waals surface area contributed by atoms with E-state index in [1.54, 1.807) is 24.4 Å². The van der Waals surface area contributed by atoms with Crippen LogP contribution in [0.15, 0.2) is 53.6 Å². The molecule has 0 atom stereocenters. The van der Waals surface area contributed by atoms with Crippen molar-refractivity contribution in [3.05, 3.63) is 76.1 Å². The van der Waals surface area contributed by atoms with Gasteiger partial charge in [-0.2, -0.15) is 10.2 Å². The van der Waals surface area contributed by atoms with Crippen LogP contribution in [-0.4, -0.2) is 28.5 Å². The first-order valence-electron chi connectivity index (χ1n) is 8.78. The molecule has 28 heavy (non-hydrogen) atoms. The second kappa shape index (κ2) is 8.71. The van der Waals surface area contributed by atoms with Gasteiger partial charge in [-0.1, -0.05) is 29.8 Å². The van der Waals surface area contributed by atoms with E-state index in [2.05, 4.69) is 15.6 Å². The van der Waals surface area contributed by atoms with Crippen LogP contribution in [0.2, 0.25) is 5.02 Å². The summed E-state index contributed by atoms with van der Waals surface area (Å²) >= 11 is 5.91. The monoisotopic (exact) mass is 396 g/mol. The zero-order chi connectivity index (χ0) is 20.1. The highest BCUT2D eigenvalue weighted by atomic mass is 35.5. The van der Waals surface area contributed by atoms with Gasteiger partial charge in [-0.05, 0) is 56.7 Å². The first-order chi connectivity index (χ1) is 13.5. The van der Waals surface area contributed by atoms with Crippen molar-refractivity contribution in [2.24, 2.45) is 5.10 Å². The molecule has 0 aliphatic heterocycles. The van der Waals surface area contributed by atoms with E-state index in [1.807, 2.05) is 55.8 Å². The molecule has 1 amide bonds. The Morgan fingerprint density at radius 3 is 2.68 bits per heavy atom. The molecule has 0 saturated heterocycles. The predicted molar refractivity (Wildman–Crippen MR) is 110 cm³/mol. The average molecular weight is 397 g/mol. The average Bonchev–Trinajstić information content (AvgIpc) is 2.96. The molecule has 0 aliphatic carbocycles. The van der Waals surface area contributed by atoms with Crippen molar-refractivity contribution in [2.75, 3.05) is 6.61 Å². The number of carbonyl (C=O) groups excluding carboxylic acids is 1. The van der Waals surface area contributed by atoms with Gasteiger partial charge in [-0.25, -0.2) is 10.1 Å². The topological polar surface area (TPSA) is 68.5 Å². The minimum absolute atomic E-state index is 0.138. The molecule has 0 bridgehead atoms. The van der Waals surface area contributed by atoms with Crippen molar-refractivity contribution < 1.29 is 9.53 Å². The molecule has 3 aromatic rings. The molecule has 0 fully saturated rings. The molecule has 144 valence electrons. The summed E-state index contributed by atoms with van der Waals surface area (Å²) in [5, 5.41) is 9.21. The van der Waals surface area contributed by atoms with Crippen LogP contribution in [0.5, 0.6) is 5.75 Å². The largest absolute Gasteiger partial charge is 0.483 e. The third-order valence-electron chi connectivity index (χ3n) is 4.23. The van der Waals surface area contributed by atoms with Gasteiger partial charge in [-0.15, -0.1) is 0 Å². The Hall–Kier alpha value is -3.12. The number of nitrogens with zero attached hydrogens (tertiary/aromatic N) is 3. The first kappa shape index (κ1) is 19.6. The summed E-state index contributed by atoms with van der Waals surface area (Å²) in [4.78, 5) is 12.0. The minimum Gasteiger partial charge on any atom is -0.483 e. The highest BCUT2D eigenvalue weighted by molar-refractivity contribution is 6.30. The highest BCUT2D eigenvalue weighted by Crippen LogP contribution is 2.21. The number of hydrogen-bond donors (Lipinski definition) is 1. The number of ether oxygens (including phenoxy) is 1. The number of benzene rings is 2. The minimum atomic E-state index is -0.351. The van der Waals surface area contributed by atoms with Crippen molar-refractivity contribution in [1.29, 1.82) is 0 Å². The van der Waals surface area contributed by atoms with E-state index in [1.165, 1.54) is 0 Å². The Bertz CT molecular complexity index is 1010. The van der Waals surface area contributed by atoms with Crippen molar-refractivity contribution in [3.63, 3.8) is 0 Å². The van der Waals surface area contributed by atoms with Gasteiger partial charge in [0.2, 0.25) is 0 Å². The van der Waals surface area contributed by atoms with Crippen LogP contribution in [0.1, 0.15) is 22.5 Å². The van der Waals surface area contributed by atoms with Gasteiger partial charge in [-0.3, -0.25) is 4.79 Å². The van der Waals surface area contributed by atoms with E-state index < -0.39 is 0 Å². The van der Waals surface area contributed by atoms with Crippen LogP contribution < -0.4 is 10.2 Å². The molecule has 0 spiro atoms. The standard InChI is InChI=1S/C21H21ClN4O2/c1-14-11-17(22)9-10-20(14)28-13-21(27)24-23-12-19-15(2)25-26(16(19)3)18-7-5-4-6-8-18/h4-12H,13H2,1-3H3,(H,24,27)/b23-12-. The number of amides is 1. The number of aromatic nitrogens is 2. The number of carbonyl (C=O) groups is 1. The summed E-state index contributed by atoms with van der Waals surface area (Å²) in [5.41, 5.74) is 6.94. The fourth-order valence-corrected chi connectivity index (χ4v) is 3.01. The predicted octanol–water partition coefficient (Wildman–Crippen LogP) is 3.98. The van der Waals surface area contributed by atoms with Crippen molar-refractivity contribution >= 4 is 23.7 Å². The van der Waals surface area contributed by atoms with Gasteiger partial charge in [0.25, 0.3) is 5.91 Å². The molecule has 3 rings (SSSR count). The van der Waals surface area contributed by atoms with E-state index in [0.29, 0.717) is 10.8 Å². The normalized spacial score (nSPS) is 11.0. The van der Waals surface area contributed by atoms with Crippen LogP contribution >= 0.6 is 11.6 Å². The van der Waals surface area contributed by atoms with Gasteiger partial charge in [0.05, 0.1) is 23.3 Å². The Labute approximate surface area is 168 Å². The second-order valence-electron chi connectivity index (χ2n) is 6.32. The molecule has 7 heteroatoms. The lowest BCUT2D eigenvalue weighted by Gasteiger charge is -2.08. The molecule has 1 aromatic heterocycles. The number of rotatable bonds is 6. The highest BCUT2D eigenvalue weighted by Gasteiger charge is 2.11. The van der Waals surface area contributed by atoms with Gasteiger partial charge in [0.15, 0.2) is 6.61 Å². The summed E-state index contributed by atoms with van der Waals surface area (Å²) in [7, 11) is 0. The van der Waals surface area contributed by atoms with Crippen LogP contribution in [-0.2, 0) is 4.79 Å². The van der Waals surface area contributed by atoms with Gasteiger partial charge in [0.1, 0.15) is 5.75 Å². The van der Waals surface area contributed by atoms with E-state index >= 15 is 0 Å². The summed E-state index contributed by atoms with van der Waals surface area (Å²) in [6, 6.07) is 15.1. The lowest BCUT2D eigenvalue weighted by molar-refractivity contribution is -0.123. The summed E-state index contributed by atoms with van der Waals surface area (Å²) < 4.78 is 7.36. The van der Waals surface area contributed by atoms with E-state index in [4.69, 9.17) is 16.3 Å². The van der Waals surface area contributed by atoms with Crippen LogP contribution in [0, 0.1) is 20.8 Å². The molecule has 0 radical (unpaired) electrons. The SMILES string of the molecule is Cc1cc(Cl)ccc1OCC(=O)N/N=C\c1c(C)nn(-c2ccccc2)c1C. The third-order valence-corrected chi connectivity index (χ3v) is 4.46. The fourth-order valence-electron chi connectivity index (χ4n) is 2.78. The summed E-state index contributed by atoms with van der Waals surface area (Å²) in [6.45, 7) is 5.60. The van der Waals surface area contributed by atoms with Gasteiger partial charge < -0.3 is 4.74 Å². The maximum Gasteiger partial charge on any atom is 0.277 e. The zero-order valence-electron chi connectivity index (χ0n) is 15.9. The summed E-state index contributed by atoms with van der Waals surface area (Å²) in [6.07, 6.45) is 1.60. The molecule has 0 unspecified atom stereocenters.